The molecule has 9 heteroatoms. The van der Waals surface area contributed by atoms with Crippen LogP contribution in [0.25, 0.3) is 0 Å². The molecule has 3 rings (SSSR count). The van der Waals surface area contributed by atoms with Crippen molar-refractivity contribution in [3.05, 3.63) is 65.9 Å². The highest BCUT2D eigenvalue weighted by Gasteiger charge is 2.16. The standard InChI is InChI=1S/C19H20N4O3S2/c1-3-14-4-6-15(7-5-14)20-19(27)21-16-8-10-17(11-9-16)28(24,25)23-18-12-13(2)26-22-18/h4-12H,3H2,1-2H3,(H,22,23)(H2,20,21,27). The number of nitrogens with one attached hydrogen (secondary N) is 3. The molecule has 0 aliphatic heterocycles. The fraction of sp³-hybridized carbons (Fsp3) is 0.158. The fourth-order valence-corrected chi connectivity index (χ4v) is 3.67. The quantitative estimate of drug-likeness (QED) is 0.519. The lowest BCUT2D eigenvalue weighted by molar-refractivity contribution is 0.400. The number of aromatic nitrogens is 1. The van der Waals surface area contributed by atoms with Crippen molar-refractivity contribution in [3.63, 3.8) is 0 Å². The predicted molar refractivity (Wildman–Crippen MR) is 114 cm³/mol. The van der Waals surface area contributed by atoms with E-state index in [4.69, 9.17) is 16.7 Å². The Labute approximate surface area is 169 Å². The maximum Gasteiger partial charge on any atom is 0.263 e. The number of sulfonamides is 1. The Morgan fingerprint density at radius 3 is 2.11 bits per heavy atom. The summed E-state index contributed by atoms with van der Waals surface area (Å²) in [5, 5.41) is 10.2. The molecule has 0 amide bonds. The van der Waals surface area contributed by atoms with Gasteiger partial charge in [-0.25, -0.2) is 8.42 Å². The van der Waals surface area contributed by atoms with E-state index in [1.165, 1.54) is 23.8 Å². The Hall–Kier alpha value is -2.91. The van der Waals surface area contributed by atoms with Crippen molar-refractivity contribution in [2.24, 2.45) is 0 Å². The summed E-state index contributed by atoms with van der Waals surface area (Å²) in [7, 11) is -3.75. The lowest BCUT2D eigenvalue weighted by Gasteiger charge is -2.11. The predicted octanol–water partition coefficient (Wildman–Crippen LogP) is 4.16. The first-order valence-electron chi connectivity index (χ1n) is 8.59. The topological polar surface area (TPSA) is 96.3 Å². The zero-order chi connectivity index (χ0) is 20.1. The van der Waals surface area contributed by atoms with Crippen LogP contribution in [0.15, 0.2) is 64.0 Å². The normalized spacial score (nSPS) is 11.1. The van der Waals surface area contributed by atoms with Crippen molar-refractivity contribution in [1.29, 1.82) is 0 Å². The summed E-state index contributed by atoms with van der Waals surface area (Å²) >= 11 is 5.30. The number of thiocarbonyl (C=S) groups is 1. The number of hydrogen-bond acceptors (Lipinski definition) is 5. The van der Waals surface area contributed by atoms with Crippen LogP contribution in [0.2, 0.25) is 0 Å². The average molecular weight is 417 g/mol. The van der Waals surface area contributed by atoms with E-state index in [-0.39, 0.29) is 10.7 Å². The third-order valence-electron chi connectivity index (χ3n) is 3.91. The van der Waals surface area contributed by atoms with E-state index in [9.17, 15) is 8.42 Å². The lowest BCUT2D eigenvalue weighted by atomic mass is 10.1. The van der Waals surface area contributed by atoms with Gasteiger partial charge in [-0.3, -0.25) is 4.72 Å². The van der Waals surface area contributed by atoms with Gasteiger partial charge in [-0.05, 0) is 67.5 Å². The molecule has 0 saturated carbocycles. The highest BCUT2D eigenvalue weighted by atomic mass is 32.2. The minimum atomic E-state index is -3.75. The molecular formula is C19H20N4O3S2. The van der Waals surface area contributed by atoms with Crippen LogP contribution in [0.1, 0.15) is 18.2 Å². The van der Waals surface area contributed by atoms with Crippen molar-refractivity contribution in [1.82, 2.24) is 5.16 Å². The smallest absolute Gasteiger partial charge is 0.263 e. The minimum absolute atomic E-state index is 0.104. The SMILES string of the molecule is CCc1ccc(NC(=S)Nc2ccc(S(=O)(=O)Nc3cc(C)on3)cc2)cc1. The van der Waals surface area contributed by atoms with Gasteiger partial charge in [0.15, 0.2) is 10.9 Å². The summed E-state index contributed by atoms with van der Waals surface area (Å²) in [5.74, 6) is 0.654. The number of nitrogens with zero attached hydrogens (tertiary/aromatic N) is 1. The number of benzene rings is 2. The first-order valence-corrected chi connectivity index (χ1v) is 10.5. The van der Waals surface area contributed by atoms with Crippen LogP contribution in [-0.2, 0) is 16.4 Å². The van der Waals surface area contributed by atoms with Gasteiger partial charge in [0.1, 0.15) is 5.76 Å². The molecule has 0 fully saturated rings. The Morgan fingerprint density at radius 1 is 1.04 bits per heavy atom. The second-order valence-corrected chi connectivity index (χ2v) is 8.17. The molecule has 3 aromatic rings. The summed E-state index contributed by atoms with van der Waals surface area (Å²) in [6.07, 6.45) is 0.976. The summed E-state index contributed by atoms with van der Waals surface area (Å²) in [5.41, 5.74) is 2.79. The van der Waals surface area contributed by atoms with E-state index < -0.39 is 10.0 Å². The number of anilines is 3. The molecule has 0 aliphatic carbocycles. The third kappa shape index (κ3) is 5.08. The van der Waals surface area contributed by atoms with Gasteiger partial charge in [-0.15, -0.1) is 0 Å². The van der Waals surface area contributed by atoms with Crippen molar-refractivity contribution in [2.75, 3.05) is 15.4 Å². The highest BCUT2D eigenvalue weighted by Crippen LogP contribution is 2.18. The molecule has 0 unspecified atom stereocenters. The van der Waals surface area contributed by atoms with Gasteiger partial charge in [0.2, 0.25) is 0 Å². The maximum absolute atomic E-state index is 12.4. The van der Waals surface area contributed by atoms with Crippen molar-refractivity contribution in [2.45, 2.75) is 25.2 Å². The summed E-state index contributed by atoms with van der Waals surface area (Å²) < 4.78 is 32.0. The third-order valence-corrected chi connectivity index (χ3v) is 5.48. The zero-order valence-electron chi connectivity index (χ0n) is 15.4. The summed E-state index contributed by atoms with van der Waals surface area (Å²) in [6.45, 7) is 3.78. The molecule has 1 heterocycles. The number of aryl methyl sites for hydroxylation is 2. The van der Waals surface area contributed by atoms with Crippen LogP contribution < -0.4 is 15.4 Å². The molecule has 146 valence electrons. The van der Waals surface area contributed by atoms with Crippen LogP contribution >= 0.6 is 12.2 Å². The van der Waals surface area contributed by atoms with E-state index in [0.717, 1.165) is 12.1 Å². The highest BCUT2D eigenvalue weighted by molar-refractivity contribution is 7.92. The molecule has 2 aromatic carbocycles. The average Bonchev–Trinajstić information content (AvgIpc) is 3.06. The van der Waals surface area contributed by atoms with E-state index in [2.05, 4.69) is 27.4 Å². The van der Waals surface area contributed by atoms with Gasteiger partial charge in [0, 0.05) is 17.4 Å². The van der Waals surface area contributed by atoms with Gasteiger partial charge in [0.05, 0.1) is 4.90 Å². The second-order valence-electron chi connectivity index (χ2n) is 6.08. The van der Waals surface area contributed by atoms with Crippen molar-refractivity contribution >= 4 is 44.5 Å². The fourth-order valence-electron chi connectivity index (χ4n) is 2.45. The van der Waals surface area contributed by atoms with E-state index in [1.54, 1.807) is 19.1 Å². The largest absolute Gasteiger partial charge is 0.360 e. The van der Waals surface area contributed by atoms with Crippen LogP contribution in [-0.4, -0.2) is 18.7 Å². The molecule has 0 bridgehead atoms. The van der Waals surface area contributed by atoms with Gasteiger partial charge >= 0.3 is 0 Å². The Kier molecular flexibility index (Phi) is 5.96. The number of rotatable bonds is 6. The van der Waals surface area contributed by atoms with E-state index in [1.807, 2.05) is 24.3 Å². The molecule has 3 N–H and O–H groups in total. The van der Waals surface area contributed by atoms with Crippen LogP contribution in [0, 0.1) is 6.92 Å². The second kappa shape index (κ2) is 8.41. The molecule has 0 aliphatic rings. The Bertz CT molecular complexity index is 1060. The molecule has 28 heavy (non-hydrogen) atoms. The van der Waals surface area contributed by atoms with Crippen LogP contribution in [0.4, 0.5) is 17.2 Å². The first-order chi connectivity index (χ1) is 13.4. The molecule has 0 atom stereocenters. The van der Waals surface area contributed by atoms with E-state index in [0.29, 0.717) is 16.6 Å². The minimum Gasteiger partial charge on any atom is -0.360 e. The molecule has 7 nitrogen and oxygen atoms in total. The molecular weight excluding hydrogens is 396 g/mol. The van der Waals surface area contributed by atoms with Gasteiger partial charge in [-0.1, -0.05) is 24.2 Å². The molecule has 0 spiro atoms. The van der Waals surface area contributed by atoms with Crippen LogP contribution in [0.5, 0.6) is 0 Å². The van der Waals surface area contributed by atoms with E-state index >= 15 is 0 Å². The molecule has 0 radical (unpaired) electrons. The summed E-state index contributed by atoms with van der Waals surface area (Å²) in [6, 6.07) is 15.7. The van der Waals surface area contributed by atoms with Gasteiger partial charge < -0.3 is 15.2 Å². The summed E-state index contributed by atoms with van der Waals surface area (Å²) in [4.78, 5) is 0.104. The van der Waals surface area contributed by atoms with Crippen LogP contribution in [0.3, 0.4) is 0 Å². The van der Waals surface area contributed by atoms with Crippen molar-refractivity contribution in [3.8, 4) is 0 Å². The van der Waals surface area contributed by atoms with Gasteiger partial charge in [-0.2, -0.15) is 0 Å². The zero-order valence-corrected chi connectivity index (χ0v) is 17.0. The Balaban J connectivity index is 1.62. The monoisotopic (exact) mass is 416 g/mol. The first kappa shape index (κ1) is 19.8. The molecule has 1 aromatic heterocycles. The Morgan fingerprint density at radius 2 is 1.61 bits per heavy atom. The van der Waals surface area contributed by atoms with Gasteiger partial charge in [0.25, 0.3) is 10.0 Å². The van der Waals surface area contributed by atoms with Crippen molar-refractivity contribution < 1.29 is 12.9 Å². The number of hydrogen-bond donors (Lipinski definition) is 3. The maximum atomic E-state index is 12.4. The lowest BCUT2D eigenvalue weighted by Crippen LogP contribution is -2.19. The molecule has 0 saturated heterocycles.